The standard InChI is InChI=1S/2C18H20N2.C12H8N2/c2*1-11(2)15-9-7-13-5-6-14-8-10-16(12(3)4)20-18(14)17(13)19-15;1-3-9-5-6-10-4-2-8-14-12(10)11(9)13-7-1/h2*5-12H,1-4H3;1-8H. The molecule has 54 heavy (non-hydrogen) atoms. The van der Waals surface area contributed by atoms with Crippen LogP contribution in [0.2, 0.25) is 0 Å². The van der Waals surface area contributed by atoms with Gasteiger partial charge in [-0.2, -0.15) is 0 Å². The van der Waals surface area contributed by atoms with Crippen LogP contribution in [0.4, 0.5) is 0 Å². The van der Waals surface area contributed by atoms with Crippen LogP contribution in [0.1, 0.15) is 102 Å². The molecule has 0 saturated carbocycles. The number of pyridine rings is 6. The highest BCUT2D eigenvalue weighted by atomic mass is 14.8. The number of nitrogens with zero attached hydrogens (tertiary/aromatic N) is 6. The van der Waals surface area contributed by atoms with E-state index in [4.69, 9.17) is 19.9 Å². The van der Waals surface area contributed by atoms with Crippen LogP contribution >= 0.6 is 0 Å². The number of benzene rings is 3. The van der Waals surface area contributed by atoms with E-state index in [2.05, 4.69) is 162 Å². The minimum atomic E-state index is 0.433. The van der Waals surface area contributed by atoms with Gasteiger partial charge < -0.3 is 0 Å². The molecule has 0 aliphatic rings. The zero-order valence-corrected chi connectivity index (χ0v) is 32.5. The van der Waals surface area contributed by atoms with E-state index in [9.17, 15) is 0 Å². The summed E-state index contributed by atoms with van der Waals surface area (Å²) in [6.45, 7) is 17.4. The van der Waals surface area contributed by atoms with E-state index in [1.54, 1.807) is 12.4 Å². The Kier molecular flexibility index (Phi) is 10.5. The monoisotopic (exact) mass is 708 g/mol. The second-order valence-electron chi connectivity index (χ2n) is 15.2. The molecule has 0 amide bonds. The lowest BCUT2D eigenvalue weighted by atomic mass is 10.0. The number of hydrogen-bond acceptors (Lipinski definition) is 6. The predicted molar refractivity (Wildman–Crippen MR) is 227 cm³/mol. The minimum absolute atomic E-state index is 0.433. The zero-order valence-electron chi connectivity index (χ0n) is 32.5. The van der Waals surface area contributed by atoms with Gasteiger partial charge in [-0.25, -0.2) is 0 Å². The minimum Gasteiger partial charge on any atom is -0.254 e. The maximum absolute atomic E-state index is 4.84. The highest BCUT2D eigenvalue weighted by Crippen LogP contribution is 2.28. The molecule has 9 aromatic rings. The van der Waals surface area contributed by atoms with Crippen molar-refractivity contribution in [1.29, 1.82) is 0 Å². The first-order chi connectivity index (χ1) is 26.1. The van der Waals surface area contributed by atoms with Gasteiger partial charge in [0.2, 0.25) is 0 Å². The van der Waals surface area contributed by atoms with E-state index in [1.807, 2.05) is 12.1 Å². The van der Waals surface area contributed by atoms with Gasteiger partial charge in [0, 0.05) is 67.5 Å². The van der Waals surface area contributed by atoms with Gasteiger partial charge in [-0.15, -0.1) is 0 Å². The van der Waals surface area contributed by atoms with Gasteiger partial charge >= 0.3 is 0 Å². The Bertz CT molecular complexity index is 2430. The molecule has 0 atom stereocenters. The molecule has 270 valence electrons. The smallest absolute Gasteiger partial charge is 0.0968 e. The quantitative estimate of drug-likeness (QED) is 0.169. The summed E-state index contributed by atoms with van der Waals surface area (Å²) < 4.78 is 0. The summed E-state index contributed by atoms with van der Waals surface area (Å²) in [6, 6.07) is 37.7. The summed E-state index contributed by atoms with van der Waals surface area (Å²) >= 11 is 0. The number of fused-ring (bicyclic) bond motifs is 9. The third-order valence-electron chi connectivity index (χ3n) is 9.84. The Labute approximate surface area is 317 Å². The summed E-state index contributed by atoms with van der Waals surface area (Å²) in [5, 5.41) is 6.92. The Hall–Kier alpha value is -5.88. The summed E-state index contributed by atoms with van der Waals surface area (Å²) in [5.74, 6) is 1.73. The van der Waals surface area contributed by atoms with Crippen LogP contribution in [0.3, 0.4) is 0 Å². The lowest BCUT2D eigenvalue weighted by Crippen LogP contribution is -1.96. The van der Waals surface area contributed by atoms with Crippen LogP contribution in [0.25, 0.3) is 65.4 Å². The first-order valence-corrected chi connectivity index (χ1v) is 19.1. The van der Waals surface area contributed by atoms with Crippen molar-refractivity contribution in [1.82, 2.24) is 29.9 Å². The van der Waals surface area contributed by atoms with Gasteiger partial charge in [-0.05, 0) is 60.1 Å². The van der Waals surface area contributed by atoms with Gasteiger partial charge in [0.05, 0.1) is 33.1 Å². The lowest BCUT2D eigenvalue weighted by molar-refractivity contribution is 0.826. The number of rotatable bonds is 4. The maximum Gasteiger partial charge on any atom is 0.0968 e. The Morgan fingerprint density at radius 1 is 0.278 bits per heavy atom. The number of hydrogen-bond donors (Lipinski definition) is 0. The van der Waals surface area contributed by atoms with Gasteiger partial charge in [0.25, 0.3) is 0 Å². The summed E-state index contributed by atoms with van der Waals surface area (Å²) in [7, 11) is 0. The van der Waals surface area contributed by atoms with Crippen molar-refractivity contribution >= 4 is 65.4 Å². The van der Waals surface area contributed by atoms with Crippen molar-refractivity contribution in [2.45, 2.75) is 79.1 Å². The summed E-state index contributed by atoms with van der Waals surface area (Å²) in [5.41, 5.74) is 10.6. The van der Waals surface area contributed by atoms with Crippen molar-refractivity contribution in [3.63, 3.8) is 0 Å². The molecule has 6 heterocycles. The van der Waals surface area contributed by atoms with Crippen molar-refractivity contribution in [3.05, 3.63) is 144 Å². The summed E-state index contributed by atoms with van der Waals surface area (Å²) in [6.07, 6.45) is 3.60. The maximum atomic E-state index is 4.84. The highest BCUT2D eigenvalue weighted by molar-refractivity contribution is 6.04. The fraction of sp³-hybridized carbons (Fsp3) is 0.250. The molecule has 0 aliphatic heterocycles. The molecule has 0 spiro atoms. The zero-order chi connectivity index (χ0) is 37.9. The van der Waals surface area contributed by atoms with Gasteiger partial charge in [-0.1, -0.05) is 128 Å². The first kappa shape index (κ1) is 36.5. The lowest BCUT2D eigenvalue weighted by Gasteiger charge is -2.10. The molecule has 0 saturated heterocycles. The SMILES string of the molecule is CC(C)c1ccc2ccc3ccc(C(C)C)nc3c2n1.CC(C)c1ccc2ccc3ccc(C(C)C)nc3c2n1.c1cnc2c(c1)ccc1cccnc12. The predicted octanol–water partition coefficient (Wildman–Crippen LogP) is 12.8. The van der Waals surface area contributed by atoms with Crippen LogP contribution < -0.4 is 0 Å². The molecule has 9 rings (SSSR count). The molecule has 6 nitrogen and oxygen atoms in total. The molecule has 0 unspecified atom stereocenters. The second-order valence-corrected chi connectivity index (χ2v) is 15.2. The van der Waals surface area contributed by atoms with Crippen molar-refractivity contribution in [2.75, 3.05) is 0 Å². The van der Waals surface area contributed by atoms with Crippen LogP contribution in [-0.4, -0.2) is 29.9 Å². The molecule has 0 bridgehead atoms. The molecule has 0 N–H and O–H groups in total. The molecule has 0 aliphatic carbocycles. The molecule has 0 radical (unpaired) electrons. The van der Waals surface area contributed by atoms with Crippen molar-refractivity contribution < 1.29 is 0 Å². The fourth-order valence-electron chi connectivity index (χ4n) is 6.56. The van der Waals surface area contributed by atoms with E-state index >= 15 is 0 Å². The third-order valence-corrected chi connectivity index (χ3v) is 9.84. The van der Waals surface area contributed by atoms with Gasteiger partial charge in [0.1, 0.15) is 0 Å². The topological polar surface area (TPSA) is 77.3 Å². The fourth-order valence-corrected chi connectivity index (χ4v) is 6.56. The Morgan fingerprint density at radius 3 is 0.741 bits per heavy atom. The van der Waals surface area contributed by atoms with Crippen LogP contribution in [0, 0.1) is 0 Å². The Morgan fingerprint density at radius 2 is 0.500 bits per heavy atom. The third kappa shape index (κ3) is 7.60. The molecule has 6 heteroatoms. The van der Waals surface area contributed by atoms with Gasteiger partial charge in [-0.3, -0.25) is 29.9 Å². The second kappa shape index (κ2) is 15.6. The van der Waals surface area contributed by atoms with E-state index < -0.39 is 0 Å². The molecule has 0 fully saturated rings. The molecule has 6 aromatic heterocycles. The number of aromatic nitrogens is 6. The summed E-state index contributed by atoms with van der Waals surface area (Å²) in [4.78, 5) is 28.1. The first-order valence-electron chi connectivity index (χ1n) is 19.1. The van der Waals surface area contributed by atoms with E-state index in [0.717, 1.165) is 88.2 Å². The Balaban J connectivity index is 0.000000127. The van der Waals surface area contributed by atoms with Crippen LogP contribution in [0.5, 0.6) is 0 Å². The van der Waals surface area contributed by atoms with E-state index in [0.29, 0.717) is 23.7 Å². The molecule has 3 aromatic carbocycles. The van der Waals surface area contributed by atoms with Crippen molar-refractivity contribution in [3.8, 4) is 0 Å². The molecular formula is C48H48N6. The normalized spacial score (nSPS) is 11.6. The van der Waals surface area contributed by atoms with Crippen molar-refractivity contribution in [2.24, 2.45) is 0 Å². The average molecular weight is 709 g/mol. The van der Waals surface area contributed by atoms with Crippen LogP contribution in [0.15, 0.2) is 122 Å². The highest BCUT2D eigenvalue weighted by Gasteiger charge is 2.11. The van der Waals surface area contributed by atoms with Gasteiger partial charge in [0.15, 0.2) is 0 Å². The van der Waals surface area contributed by atoms with E-state index in [-0.39, 0.29) is 0 Å². The van der Waals surface area contributed by atoms with Crippen LogP contribution in [-0.2, 0) is 0 Å². The average Bonchev–Trinajstić information content (AvgIpc) is 3.20. The largest absolute Gasteiger partial charge is 0.254 e. The molecular weight excluding hydrogens is 661 g/mol. The van der Waals surface area contributed by atoms with E-state index in [1.165, 1.54) is 0 Å².